The van der Waals surface area contributed by atoms with Gasteiger partial charge in [0.25, 0.3) is 0 Å². The van der Waals surface area contributed by atoms with Gasteiger partial charge in [-0.25, -0.2) is 9.97 Å². The van der Waals surface area contributed by atoms with Crippen molar-refractivity contribution in [3.8, 4) is 0 Å². The summed E-state index contributed by atoms with van der Waals surface area (Å²) in [6.07, 6.45) is 10.9. The Kier molecular flexibility index (Phi) is 4.55. The molecule has 2 fully saturated rings. The van der Waals surface area contributed by atoms with Crippen LogP contribution < -0.4 is 0 Å². The smallest absolute Gasteiger partial charge is 0.146 e. The maximum atomic E-state index is 9.25. The van der Waals surface area contributed by atoms with E-state index < -0.39 is 0 Å². The van der Waals surface area contributed by atoms with E-state index in [1.165, 1.54) is 25.7 Å². The molecule has 1 saturated heterocycles. The van der Waals surface area contributed by atoms with Gasteiger partial charge in [-0.3, -0.25) is 0 Å². The molecule has 23 heavy (non-hydrogen) atoms. The molecule has 0 radical (unpaired) electrons. The number of aromatic nitrogens is 3. The van der Waals surface area contributed by atoms with Crippen molar-refractivity contribution in [2.75, 3.05) is 12.4 Å². The van der Waals surface area contributed by atoms with Crippen molar-refractivity contribution in [3.63, 3.8) is 0 Å². The van der Waals surface area contributed by atoms with Gasteiger partial charge in [-0.1, -0.05) is 12.8 Å². The van der Waals surface area contributed by atoms with Crippen LogP contribution in [0.3, 0.4) is 0 Å². The first kappa shape index (κ1) is 15.4. The molecule has 1 N–H and O–H groups in total. The SMILES string of the molecule is OCC1CCC(n2ccc3c(SCC4CCCC4)ncnc32)O1. The van der Waals surface area contributed by atoms with Gasteiger partial charge < -0.3 is 14.4 Å². The topological polar surface area (TPSA) is 60.2 Å². The quantitative estimate of drug-likeness (QED) is 0.671. The van der Waals surface area contributed by atoms with Crippen molar-refractivity contribution in [1.82, 2.24) is 14.5 Å². The molecule has 6 heteroatoms. The van der Waals surface area contributed by atoms with E-state index in [9.17, 15) is 5.11 Å². The molecule has 124 valence electrons. The Morgan fingerprint density at radius 2 is 2.09 bits per heavy atom. The van der Waals surface area contributed by atoms with Gasteiger partial charge in [-0.05, 0) is 37.7 Å². The van der Waals surface area contributed by atoms with E-state index in [2.05, 4.69) is 20.6 Å². The molecule has 2 unspecified atom stereocenters. The van der Waals surface area contributed by atoms with E-state index in [1.807, 2.05) is 18.0 Å². The highest BCUT2D eigenvalue weighted by Crippen LogP contribution is 2.35. The van der Waals surface area contributed by atoms with Gasteiger partial charge in [0.05, 0.1) is 18.1 Å². The van der Waals surface area contributed by atoms with E-state index >= 15 is 0 Å². The van der Waals surface area contributed by atoms with Crippen molar-refractivity contribution in [1.29, 1.82) is 0 Å². The summed E-state index contributed by atoms with van der Waals surface area (Å²) in [4.78, 5) is 8.97. The van der Waals surface area contributed by atoms with E-state index in [0.29, 0.717) is 0 Å². The molecule has 4 rings (SSSR count). The van der Waals surface area contributed by atoms with E-state index in [4.69, 9.17) is 4.74 Å². The Labute approximate surface area is 140 Å². The Hall–Kier alpha value is -1.11. The molecule has 1 aliphatic heterocycles. The summed E-state index contributed by atoms with van der Waals surface area (Å²) >= 11 is 1.86. The summed E-state index contributed by atoms with van der Waals surface area (Å²) in [5, 5.41) is 11.4. The van der Waals surface area contributed by atoms with Crippen LogP contribution in [0.1, 0.15) is 44.8 Å². The van der Waals surface area contributed by atoms with Crippen LogP contribution in [0.15, 0.2) is 23.6 Å². The fourth-order valence-corrected chi connectivity index (χ4v) is 4.86. The predicted octanol–water partition coefficient (Wildman–Crippen LogP) is 3.38. The van der Waals surface area contributed by atoms with Gasteiger partial charge in [0.1, 0.15) is 23.2 Å². The molecule has 2 aliphatic rings. The molecule has 2 atom stereocenters. The van der Waals surface area contributed by atoms with Gasteiger partial charge in [-0.2, -0.15) is 0 Å². The Morgan fingerprint density at radius 3 is 2.87 bits per heavy atom. The molecular formula is C17H23N3O2S. The third kappa shape index (κ3) is 3.12. The number of aliphatic hydroxyl groups is 1. The van der Waals surface area contributed by atoms with E-state index in [1.54, 1.807) is 6.33 Å². The summed E-state index contributed by atoms with van der Waals surface area (Å²) < 4.78 is 7.98. The highest BCUT2D eigenvalue weighted by molar-refractivity contribution is 7.99. The molecule has 0 aromatic carbocycles. The van der Waals surface area contributed by atoms with Crippen LogP contribution in [0, 0.1) is 5.92 Å². The molecule has 2 aromatic heterocycles. The lowest BCUT2D eigenvalue weighted by Crippen LogP contribution is -2.14. The number of ether oxygens (including phenoxy) is 1. The Morgan fingerprint density at radius 1 is 1.22 bits per heavy atom. The van der Waals surface area contributed by atoms with Crippen LogP contribution in [0.4, 0.5) is 0 Å². The van der Waals surface area contributed by atoms with Crippen molar-refractivity contribution >= 4 is 22.8 Å². The lowest BCUT2D eigenvalue weighted by Gasteiger charge is -2.15. The molecule has 0 spiro atoms. The minimum atomic E-state index is -0.0458. The van der Waals surface area contributed by atoms with Gasteiger partial charge in [0.15, 0.2) is 0 Å². The van der Waals surface area contributed by atoms with Crippen molar-refractivity contribution < 1.29 is 9.84 Å². The zero-order valence-electron chi connectivity index (χ0n) is 13.2. The zero-order valence-corrected chi connectivity index (χ0v) is 14.0. The van der Waals surface area contributed by atoms with Crippen LogP contribution in [0.25, 0.3) is 11.0 Å². The Bertz CT molecular complexity index is 669. The second-order valence-corrected chi connectivity index (χ2v) is 7.58. The number of nitrogens with zero attached hydrogens (tertiary/aromatic N) is 3. The Balaban J connectivity index is 1.54. The van der Waals surface area contributed by atoms with Crippen LogP contribution in [0.2, 0.25) is 0 Å². The molecule has 0 bridgehead atoms. The molecule has 1 saturated carbocycles. The third-order valence-corrected chi connectivity index (χ3v) is 6.24. The minimum absolute atomic E-state index is 0.0211. The predicted molar refractivity (Wildman–Crippen MR) is 90.4 cm³/mol. The lowest BCUT2D eigenvalue weighted by atomic mass is 10.1. The number of fused-ring (bicyclic) bond motifs is 1. The molecular weight excluding hydrogens is 310 g/mol. The van der Waals surface area contributed by atoms with Crippen molar-refractivity contribution in [3.05, 3.63) is 18.6 Å². The average Bonchev–Trinajstić information content (AvgIpc) is 3.31. The fourth-order valence-electron chi connectivity index (χ4n) is 3.69. The third-order valence-electron chi connectivity index (χ3n) is 5.00. The van der Waals surface area contributed by atoms with Gasteiger partial charge >= 0.3 is 0 Å². The second-order valence-electron chi connectivity index (χ2n) is 6.57. The number of rotatable bonds is 5. The first-order valence-corrected chi connectivity index (χ1v) is 9.54. The van der Waals surface area contributed by atoms with Crippen LogP contribution in [0.5, 0.6) is 0 Å². The van der Waals surface area contributed by atoms with Crippen molar-refractivity contribution in [2.45, 2.75) is 55.9 Å². The molecule has 1 aliphatic carbocycles. The number of hydrogen-bond acceptors (Lipinski definition) is 5. The highest BCUT2D eigenvalue weighted by Gasteiger charge is 2.27. The minimum Gasteiger partial charge on any atom is -0.394 e. The summed E-state index contributed by atoms with van der Waals surface area (Å²) in [5.41, 5.74) is 0.942. The maximum absolute atomic E-state index is 9.25. The zero-order chi connectivity index (χ0) is 15.6. The van der Waals surface area contributed by atoms with Crippen LogP contribution in [-0.4, -0.2) is 38.1 Å². The lowest BCUT2D eigenvalue weighted by molar-refractivity contribution is -0.0204. The van der Waals surface area contributed by atoms with Crippen LogP contribution >= 0.6 is 11.8 Å². The molecule has 5 nitrogen and oxygen atoms in total. The largest absolute Gasteiger partial charge is 0.394 e. The van der Waals surface area contributed by atoms with Gasteiger partial charge in [0, 0.05) is 11.9 Å². The van der Waals surface area contributed by atoms with E-state index in [-0.39, 0.29) is 18.9 Å². The molecule has 0 amide bonds. The highest BCUT2D eigenvalue weighted by atomic mass is 32.2. The first-order valence-electron chi connectivity index (χ1n) is 8.56. The first-order chi connectivity index (χ1) is 11.3. The summed E-state index contributed by atoms with van der Waals surface area (Å²) in [6, 6.07) is 2.10. The van der Waals surface area contributed by atoms with Crippen LogP contribution in [-0.2, 0) is 4.74 Å². The number of aliphatic hydroxyl groups excluding tert-OH is 1. The second kappa shape index (κ2) is 6.79. The van der Waals surface area contributed by atoms with Crippen molar-refractivity contribution in [2.24, 2.45) is 5.92 Å². The average molecular weight is 333 g/mol. The van der Waals surface area contributed by atoms with Gasteiger partial charge in [0.2, 0.25) is 0 Å². The summed E-state index contributed by atoms with van der Waals surface area (Å²) in [6.45, 7) is 0.0905. The summed E-state index contributed by atoms with van der Waals surface area (Å²) in [7, 11) is 0. The fraction of sp³-hybridized carbons (Fsp3) is 0.647. The molecule has 3 heterocycles. The normalized spacial score (nSPS) is 25.6. The monoisotopic (exact) mass is 333 g/mol. The van der Waals surface area contributed by atoms with E-state index in [0.717, 1.165) is 40.6 Å². The number of thioether (sulfide) groups is 1. The summed E-state index contributed by atoms with van der Waals surface area (Å²) in [5.74, 6) is 2.00. The molecule has 2 aromatic rings. The van der Waals surface area contributed by atoms with Gasteiger partial charge in [-0.15, -0.1) is 11.8 Å². The maximum Gasteiger partial charge on any atom is 0.146 e. The number of hydrogen-bond donors (Lipinski definition) is 1. The standard InChI is InChI=1S/C17H23N3O2S/c21-9-13-5-6-15(22-13)20-8-7-14-16(20)18-11-19-17(14)23-10-12-3-1-2-4-12/h7-8,11-13,15,21H,1-6,9-10H2.